The molecule has 1 aliphatic carbocycles. The van der Waals surface area contributed by atoms with Crippen molar-refractivity contribution in [3.63, 3.8) is 0 Å². The molecule has 0 saturated carbocycles. The molecule has 0 aliphatic heterocycles. The quantitative estimate of drug-likeness (QED) is 0.686. The second-order valence-corrected chi connectivity index (χ2v) is 5.29. The molecule has 0 bridgehead atoms. The van der Waals surface area contributed by atoms with Crippen molar-refractivity contribution in [3.8, 4) is 11.5 Å². The topological polar surface area (TPSA) is 77.8 Å². The molecule has 4 nitrogen and oxygen atoms in total. The summed E-state index contributed by atoms with van der Waals surface area (Å²) in [6.07, 6.45) is 0. The molecule has 0 radical (unpaired) electrons. The summed E-state index contributed by atoms with van der Waals surface area (Å²) in [6, 6.07) is 7.48. The van der Waals surface area contributed by atoms with Crippen LogP contribution in [-0.2, 0) is 5.60 Å². The summed E-state index contributed by atoms with van der Waals surface area (Å²) in [6.45, 7) is 3.24. The third-order valence-electron chi connectivity index (χ3n) is 3.87. The molecule has 0 aromatic heterocycles. The summed E-state index contributed by atoms with van der Waals surface area (Å²) >= 11 is 0. The van der Waals surface area contributed by atoms with Gasteiger partial charge in [-0.1, -0.05) is 12.1 Å². The van der Waals surface area contributed by atoms with Crippen LogP contribution in [-0.4, -0.2) is 21.1 Å². The summed E-state index contributed by atoms with van der Waals surface area (Å²) < 4.78 is 0. The number of aromatic hydroxyl groups is 2. The minimum atomic E-state index is -1.44. The van der Waals surface area contributed by atoms with Gasteiger partial charge in [-0.15, -0.1) is 0 Å². The highest BCUT2D eigenvalue weighted by Gasteiger charge is 2.41. The lowest BCUT2D eigenvalue weighted by molar-refractivity contribution is 0.0854. The Kier molecular flexibility index (Phi) is 2.43. The van der Waals surface area contributed by atoms with Gasteiger partial charge in [0.15, 0.2) is 5.78 Å². The van der Waals surface area contributed by atoms with Gasteiger partial charge in [-0.05, 0) is 37.6 Å². The zero-order valence-corrected chi connectivity index (χ0v) is 11.1. The van der Waals surface area contributed by atoms with E-state index in [1.807, 2.05) is 0 Å². The molecule has 2 aromatic carbocycles. The van der Waals surface area contributed by atoms with Crippen LogP contribution in [0.5, 0.6) is 11.5 Å². The van der Waals surface area contributed by atoms with E-state index in [1.165, 1.54) is 18.2 Å². The number of ketones is 1. The van der Waals surface area contributed by atoms with Crippen LogP contribution < -0.4 is 0 Å². The molecule has 0 amide bonds. The van der Waals surface area contributed by atoms with Gasteiger partial charge in [0.1, 0.15) is 17.1 Å². The van der Waals surface area contributed by atoms with E-state index in [-0.39, 0.29) is 22.8 Å². The molecule has 4 heteroatoms. The number of rotatable bonds is 0. The fraction of sp³-hybridized carbons (Fsp3) is 0.188. The Labute approximate surface area is 115 Å². The lowest BCUT2D eigenvalue weighted by Gasteiger charge is -2.33. The number of hydrogen-bond donors (Lipinski definition) is 3. The van der Waals surface area contributed by atoms with E-state index in [1.54, 1.807) is 26.0 Å². The van der Waals surface area contributed by atoms with Gasteiger partial charge in [0, 0.05) is 16.7 Å². The molecular formula is C16H14O4. The Morgan fingerprint density at radius 1 is 1.05 bits per heavy atom. The first kappa shape index (κ1) is 12.7. The van der Waals surface area contributed by atoms with Crippen LogP contribution in [0.3, 0.4) is 0 Å². The van der Waals surface area contributed by atoms with E-state index in [0.717, 1.165) is 0 Å². The number of carbonyl (C=O) groups is 1. The lowest BCUT2D eigenvalue weighted by atomic mass is 9.73. The highest BCUT2D eigenvalue weighted by atomic mass is 16.3. The van der Waals surface area contributed by atoms with Crippen molar-refractivity contribution in [2.24, 2.45) is 0 Å². The van der Waals surface area contributed by atoms with Crippen LogP contribution in [0.15, 0.2) is 30.3 Å². The van der Waals surface area contributed by atoms with Gasteiger partial charge >= 0.3 is 0 Å². The first-order valence-electron chi connectivity index (χ1n) is 6.27. The molecule has 0 saturated heterocycles. The number of fused-ring (bicyclic) bond motifs is 2. The number of phenols is 2. The van der Waals surface area contributed by atoms with Gasteiger partial charge in [-0.3, -0.25) is 4.79 Å². The summed E-state index contributed by atoms with van der Waals surface area (Å²) in [5.41, 5.74) is 0.291. The lowest BCUT2D eigenvalue weighted by Crippen LogP contribution is -2.33. The maximum Gasteiger partial charge on any atom is 0.197 e. The molecule has 2 aromatic rings. The molecule has 20 heavy (non-hydrogen) atoms. The number of aliphatic hydroxyl groups is 1. The smallest absolute Gasteiger partial charge is 0.197 e. The Bertz CT molecular complexity index is 744. The van der Waals surface area contributed by atoms with Crippen molar-refractivity contribution in [1.82, 2.24) is 0 Å². The number of hydrogen-bond acceptors (Lipinski definition) is 4. The van der Waals surface area contributed by atoms with E-state index in [9.17, 15) is 20.1 Å². The van der Waals surface area contributed by atoms with Gasteiger partial charge in [0.25, 0.3) is 0 Å². The van der Waals surface area contributed by atoms with E-state index in [2.05, 4.69) is 0 Å². The first-order valence-corrected chi connectivity index (χ1v) is 6.27. The summed E-state index contributed by atoms with van der Waals surface area (Å²) in [7, 11) is 0. The Morgan fingerprint density at radius 3 is 2.45 bits per heavy atom. The Hall–Kier alpha value is -2.33. The molecule has 0 spiro atoms. The van der Waals surface area contributed by atoms with Crippen LogP contribution >= 0.6 is 0 Å². The van der Waals surface area contributed by atoms with Gasteiger partial charge in [-0.2, -0.15) is 0 Å². The number of aryl methyl sites for hydroxylation is 1. The van der Waals surface area contributed by atoms with Crippen molar-refractivity contribution in [1.29, 1.82) is 0 Å². The molecule has 102 valence electrons. The SMILES string of the molecule is Cc1cc(O)cc2c1C(=O)c1c(O)cccc1C2(C)O. The minimum Gasteiger partial charge on any atom is -0.508 e. The van der Waals surface area contributed by atoms with Crippen LogP contribution in [0.25, 0.3) is 0 Å². The number of phenolic OH excluding ortho intramolecular Hbond substituents is 2. The van der Waals surface area contributed by atoms with Crippen molar-refractivity contribution < 1.29 is 20.1 Å². The normalized spacial score (nSPS) is 20.4. The summed E-state index contributed by atoms with van der Waals surface area (Å²) in [5.74, 6) is -0.485. The summed E-state index contributed by atoms with van der Waals surface area (Å²) in [4.78, 5) is 12.6. The molecule has 3 rings (SSSR count). The Morgan fingerprint density at radius 2 is 1.75 bits per heavy atom. The highest BCUT2D eigenvalue weighted by Crippen LogP contribution is 2.44. The van der Waals surface area contributed by atoms with Crippen LogP contribution in [0.4, 0.5) is 0 Å². The van der Waals surface area contributed by atoms with Crippen molar-refractivity contribution in [2.45, 2.75) is 19.4 Å². The highest BCUT2D eigenvalue weighted by molar-refractivity contribution is 6.15. The standard InChI is InChI=1S/C16H14O4/c1-8-6-9(17)7-11-13(8)15(19)14-10(16(11,2)20)4-3-5-12(14)18/h3-7,17-18,20H,1-2H3. The van der Waals surface area contributed by atoms with Gasteiger partial charge in [-0.25, -0.2) is 0 Å². The predicted octanol–water partition coefficient (Wildman–Crippen LogP) is 2.21. The first-order chi connectivity index (χ1) is 9.34. The third kappa shape index (κ3) is 1.48. The fourth-order valence-electron chi connectivity index (χ4n) is 2.91. The van der Waals surface area contributed by atoms with Crippen LogP contribution in [0.2, 0.25) is 0 Å². The van der Waals surface area contributed by atoms with Gasteiger partial charge in [0.05, 0.1) is 5.56 Å². The predicted molar refractivity (Wildman–Crippen MR) is 73.1 cm³/mol. The second-order valence-electron chi connectivity index (χ2n) is 5.29. The number of benzene rings is 2. The number of carbonyl (C=O) groups excluding carboxylic acids is 1. The van der Waals surface area contributed by atoms with E-state index >= 15 is 0 Å². The zero-order valence-electron chi connectivity index (χ0n) is 11.1. The minimum absolute atomic E-state index is 0.00192. The fourth-order valence-corrected chi connectivity index (χ4v) is 2.91. The largest absolute Gasteiger partial charge is 0.508 e. The Balaban J connectivity index is 2.44. The summed E-state index contributed by atoms with van der Waals surface area (Å²) in [5, 5.41) is 30.5. The van der Waals surface area contributed by atoms with Crippen molar-refractivity contribution >= 4 is 5.78 Å². The van der Waals surface area contributed by atoms with E-state index in [4.69, 9.17) is 0 Å². The van der Waals surface area contributed by atoms with Gasteiger partial charge < -0.3 is 15.3 Å². The van der Waals surface area contributed by atoms with Crippen LogP contribution in [0.1, 0.15) is 39.5 Å². The molecule has 1 unspecified atom stereocenters. The zero-order chi connectivity index (χ0) is 14.7. The van der Waals surface area contributed by atoms with E-state index < -0.39 is 5.60 Å². The molecule has 1 atom stereocenters. The van der Waals surface area contributed by atoms with Crippen molar-refractivity contribution in [3.05, 3.63) is 58.1 Å². The molecular weight excluding hydrogens is 256 g/mol. The maximum absolute atomic E-state index is 12.6. The average Bonchev–Trinajstić information content (AvgIpc) is 2.35. The second kappa shape index (κ2) is 3.84. The van der Waals surface area contributed by atoms with E-state index in [0.29, 0.717) is 22.3 Å². The maximum atomic E-state index is 12.6. The third-order valence-corrected chi connectivity index (χ3v) is 3.87. The molecule has 1 aliphatic rings. The van der Waals surface area contributed by atoms with Crippen LogP contribution in [0, 0.1) is 6.92 Å². The molecule has 0 heterocycles. The monoisotopic (exact) mass is 270 g/mol. The van der Waals surface area contributed by atoms with Gasteiger partial charge in [0.2, 0.25) is 0 Å². The molecule has 3 N–H and O–H groups in total. The molecule has 0 fully saturated rings. The average molecular weight is 270 g/mol. The van der Waals surface area contributed by atoms with Crippen molar-refractivity contribution in [2.75, 3.05) is 0 Å².